The Morgan fingerprint density at radius 2 is 1.85 bits per heavy atom. The number of hydrogen-bond acceptors (Lipinski definition) is 5. The summed E-state index contributed by atoms with van der Waals surface area (Å²) >= 11 is 0. The molecule has 0 fully saturated rings. The van der Waals surface area contributed by atoms with Crippen molar-refractivity contribution < 1.29 is 28.9 Å². The summed E-state index contributed by atoms with van der Waals surface area (Å²) in [5, 5.41) is 8.97. The van der Waals surface area contributed by atoms with Gasteiger partial charge in [-0.3, -0.25) is 4.79 Å². The first kappa shape index (κ1) is 24.1. The first-order valence-corrected chi connectivity index (χ1v) is 10.9. The van der Waals surface area contributed by atoms with Crippen LogP contribution >= 0.6 is 0 Å². The molecule has 33 heavy (non-hydrogen) atoms. The normalized spacial score (nSPS) is 17.5. The minimum Gasteiger partial charge on any atom is -0.489 e. The molecule has 0 aliphatic carbocycles. The van der Waals surface area contributed by atoms with E-state index in [-0.39, 0.29) is 5.57 Å². The van der Waals surface area contributed by atoms with Crippen molar-refractivity contribution in [3.05, 3.63) is 70.3 Å². The van der Waals surface area contributed by atoms with Crippen molar-refractivity contribution in [2.45, 2.75) is 46.1 Å². The van der Waals surface area contributed by atoms with Gasteiger partial charge in [0.15, 0.2) is 6.29 Å². The first-order valence-electron chi connectivity index (χ1n) is 10.9. The van der Waals surface area contributed by atoms with Gasteiger partial charge in [0, 0.05) is 5.56 Å². The number of rotatable bonds is 9. The van der Waals surface area contributed by atoms with E-state index in [9.17, 15) is 9.59 Å². The zero-order valence-corrected chi connectivity index (χ0v) is 19.6. The summed E-state index contributed by atoms with van der Waals surface area (Å²) in [5.74, 6) is 1.20. The van der Waals surface area contributed by atoms with Gasteiger partial charge in [-0.15, -0.1) is 0 Å². The Hall–Kier alpha value is -3.54. The van der Waals surface area contributed by atoms with Gasteiger partial charge in [-0.2, -0.15) is 0 Å². The van der Waals surface area contributed by atoms with E-state index in [4.69, 9.17) is 19.3 Å². The van der Waals surface area contributed by atoms with Gasteiger partial charge in [-0.1, -0.05) is 24.8 Å². The summed E-state index contributed by atoms with van der Waals surface area (Å²) in [6.07, 6.45) is 5.05. The Morgan fingerprint density at radius 1 is 1.15 bits per heavy atom. The number of hydrogen-bond donors (Lipinski definition) is 1. The zero-order valence-electron chi connectivity index (χ0n) is 19.6. The zero-order chi connectivity index (χ0) is 24.2. The lowest BCUT2D eigenvalue weighted by molar-refractivity contribution is -0.133. The van der Waals surface area contributed by atoms with Crippen molar-refractivity contribution in [1.82, 2.24) is 0 Å². The number of carboxylic acid groups (broad SMARTS) is 1. The third-order valence-electron chi connectivity index (χ3n) is 6.03. The van der Waals surface area contributed by atoms with Gasteiger partial charge in [0.25, 0.3) is 0 Å². The minimum atomic E-state index is -1.26. The Bertz CT molecular complexity index is 1100. The van der Waals surface area contributed by atoms with E-state index in [1.165, 1.54) is 11.6 Å². The molecule has 174 valence electrons. The van der Waals surface area contributed by atoms with Gasteiger partial charge >= 0.3 is 5.97 Å². The average molecular weight is 451 g/mol. The first-order chi connectivity index (χ1) is 15.7. The topological polar surface area (TPSA) is 82.1 Å². The highest BCUT2D eigenvalue weighted by Gasteiger charge is 2.35. The minimum absolute atomic E-state index is 0.301. The fourth-order valence-corrected chi connectivity index (χ4v) is 3.96. The van der Waals surface area contributed by atoms with E-state index in [1.807, 2.05) is 13.8 Å². The van der Waals surface area contributed by atoms with Crippen LogP contribution in [-0.2, 0) is 16.0 Å². The van der Waals surface area contributed by atoms with Crippen LogP contribution in [0.4, 0.5) is 0 Å². The monoisotopic (exact) mass is 450 g/mol. The summed E-state index contributed by atoms with van der Waals surface area (Å²) in [5.41, 5.74) is 4.24. The van der Waals surface area contributed by atoms with Crippen LogP contribution in [0.2, 0.25) is 0 Å². The lowest BCUT2D eigenvalue weighted by Crippen LogP contribution is -2.42. The van der Waals surface area contributed by atoms with Crippen molar-refractivity contribution >= 4 is 18.3 Å². The summed E-state index contributed by atoms with van der Waals surface area (Å²) in [6, 6.07) is 6.92. The van der Waals surface area contributed by atoms with Crippen molar-refractivity contribution in [2.24, 2.45) is 0 Å². The molecule has 0 spiro atoms. The van der Waals surface area contributed by atoms with Gasteiger partial charge < -0.3 is 19.3 Å². The van der Waals surface area contributed by atoms with Crippen molar-refractivity contribution in [3.63, 3.8) is 0 Å². The summed E-state index contributed by atoms with van der Waals surface area (Å²) in [7, 11) is 0. The third-order valence-corrected chi connectivity index (χ3v) is 6.03. The number of carboxylic acids is 1. The number of fused-ring (bicyclic) bond motifs is 1. The third kappa shape index (κ3) is 5.28. The van der Waals surface area contributed by atoms with Gasteiger partial charge in [-0.05, 0) is 81.0 Å². The van der Waals surface area contributed by atoms with Crippen LogP contribution in [0.3, 0.4) is 0 Å². The highest BCUT2D eigenvalue weighted by molar-refractivity contribution is 6.10. The number of aliphatic carboxylic acids is 1. The molecular formula is C27H30O6. The van der Waals surface area contributed by atoms with Crippen LogP contribution in [0.1, 0.15) is 41.2 Å². The molecule has 0 aromatic heterocycles. The molecule has 2 aromatic carbocycles. The van der Waals surface area contributed by atoms with Gasteiger partial charge in [-0.25, -0.2) is 4.79 Å². The molecule has 1 aliphatic heterocycles. The van der Waals surface area contributed by atoms with E-state index in [1.54, 1.807) is 30.3 Å². The molecule has 1 unspecified atom stereocenters. The maximum atomic E-state index is 11.0. The van der Waals surface area contributed by atoms with Crippen LogP contribution in [0.15, 0.2) is 42.5 Å². The Labute approximate surface area is 194 Å². The molecule has 6 nitrogen and oxygen atoms in total. The second-order valence-electron chi connectivity index (χ2n) is 8.54. The smallest absolute Gasteiger partial charge is 0.339 e. The van der Waals surface area contributed by atoms with Crippen molar-refractivity contribution in [2.75, 3.05) is 13.2 Å². The molecule has 0 radical (unpaired) electrons. The predicted octanol–water partition coefficient (Wildman–Crippen LogP) is 5.01. The number of aldehydes is 1. The Balaban J connectivity index is 1.74. The van der Waals surface area contributed by atoms with E-state index in [0.29, 0.717) is 30.8 Å². The lowest BCUT2D eigenvalue weighted by Gasteiger charge is -2.38. The highest BCUT2D eigenvalue weighted by atomic mass is 16.5. The number of carbonyl (C=O) groups excluding carboxylic acids is 1. The lowest BCUT2D eigenvalue weighted by atomic mass is 9.87. The Morgan fingerprint density at radius 3 is 2.45 bits per heavy atom. The summed E-state index contributed by atoms with van der Waals surface area (Å²) < 4.78 is 18.4. The number of ether oxygens (including phenoxy) is 3. The van der Waals surface area contributed by atoms with E-state index in [0.717, 1.165) is 41.0 Å². The fraction of sp³-hybridized carbons (Fsp3) is 0.333. The molecule has 1 atom stereocenters. The van der Waals surface area contributed by atoms with Gasteiger partial charge in [0.1, 0.15) is 36.1 Å². The van der Waals surface area contributed by atoms with E-state index < -0.39 is 11.6 Å². The molecule has 3 rings (SSSR count). The van der Waals surface area contributed by atoms with Gasteiger partial charge in [0.2, 0.25) is 0 Å². The molecule has 0 bridgehead atoms. The summed E-state index contributed by atoms with van der Waals surface area (Å²) in [4.78, 5) is 21.8. The molecule has 0 saturated heterocycles. The molecule has 0 saturated carbocycles. The van der Waals surface area contributed by atoms with E-state index >= 15 is 0 Å². The van der Waals surface area contributed by atoms with Crippen molar-refractivity contribution in [1.29, 1.82) is 0 Å². The SMILES string of the molecule is C=CCOc1c(C)c(C)c2c(c1C)CCC(C)(COc1ccc(/C=C(\C=O)C(=O)O)cc1)O2. The maximum Gasteiger partial charge on any atom is 0.339 e. The second kappa shape index (κ2) is 9.94. The predicted molar refractivity (Wildman–Crippen MR) is 127 cm³/mol. The Kier molecular flexibility index (Phi) is 7.26. The second-order valence-corrected chi connectivity index (χ2v) is 8.54. The van der Waals surface area contributed by atoms with Crippen LogP contribution in [0, 0.1) is 20.8 Å². The van der Waals surface area contributed by atoms with Crippen molar-refractivity contribution in [3.8, 4) is 17.2 Å². The quantitative estimate of drug-likeness (QED) is 0.190. The molecule has 6 heteroatoms. The maximum absolute atomic E-state index is 11.0. The van der Waals surface area contributed by atoms with Crippen LogP contribution in [0.5, 0.6) is 17.2 Å². The van der Waals surface area contributed by atoms with Gasteiger partial charge in [0.05, 0.1) is 5.57 Å². The fourth-order valence-electron chi connectivity index (χ4n) is 3.96. The van der Waals surface area contributed by atoms with Crippen LogP contribution in [0.25, 0.3) is 6.08 Å². The van der Waals surface area contributed by atoms with Crippen LogP contribution < -0.4 is 14.2 Å². The largest absolute Gasteiger partial charge is 0.489 e. The average Bonchev–Trinajstić information content (AvgIpc) is 2.80. The molecule has 0 amide bonds. The molecule has 1 heterocycles. The van der Waals surface area contributed by atoms with E-state index in [2.05, 4.69) is 20.4 Å². The van der Waals surface area contributed by atoms with Crippen LogP contribution in [-0.4, -0.2) is 36.2 Å². The standard InChI is InChI=1S/C27H30O6/c1-6-13-31-24-17(2)18(3)25-23(19(24)4)11-12-27(5,33-25)16-32-22-9-7-20(8-10-22)14-21(15-28)26(29)30/h6-10,14-15H,1,11-13,16H2,2-5H3,(H,29,30)/b21-14+. The highest BCUT2D eigenvalue weighted by Crippen LogP contribution is 2.43. The number of carbonyl (C=O) groups is 2. The summed E-state index contributed by atoms with van der Waals surface area (Å²) in [6.45, 7) is 12.8. The molecule has 1 aliphatic rings. The molecule has 1 N–H and O–H groups in total. The molecular weight excluding hydrogens is 420 g/mol. The molecule has 2 aromatic rings. The number of benzene rings is 2.